The third kappa shape index (κ3) is 5.16. The highest BCUT2D eigenvalue weighted by Gasteiger charge is 2.50. The van der Waals surface area contributed by atoms with E-state index in [-0.39, 0.29) is 42.8 Å². The number of ether oxygens (including phenoxy) is 1. The first-order chi connectivity index (χ1) is 19.4. The lowest BCUT2D eigenvalue weighted by molar-refractivity contribution is -0.137. The monoisotopic (exact) mass is 599 g/mol. The SMILES string of the molecule is O=C1c2c(nc(OC[C@@]34CCCN3C[C@H](F)C4)nc2N2CCCC[C@@H](O)C2)CN1c1cc(O)cc(Cl)c1C(F)(F)F. The van der Waals surface area contributed by atoms with Crippen molar-refractivity contribution in [1.29, 1.82) is 0 Å². The second-order valence-corrected chi connectivity index (χ2v) is 11.7. The molecule has 2 N–H and O–H groups in total. The molecule has 0 aliphatic carbocycles. The van der Waals surface area contributed by atoms with Gasteiger partial charge in [-0.3, -0.25) is 9.69 Å². The van der Waals surface area contributed by atoms with Crippen LogP contribution < -0.4 is 14.5 Å². The summed E-state index contributed by atoms with van der Waals surface area (Å²) in [4.78, 5) is 27.4. The van der Waals surface area contributed by atoms with Gasteiger partial charge in [0.05, 0.1) is 40.2 Å². The summed E-state index contributed by atoms with van der Waals surface area (Å²) in [6, 6.07) is 1.55. The molecule has 6 rings (SSSR count). The molecule has 4 aliphatic rings. The van der Waals surface area contributed by atoms with Crippen molar-refractivity contribution in [2.24, 2.45) is 0 Å². The molecule has 0 bridgehead atoms. The number of alkyl halides is 4. The van der Waals surface area contributed by atoms with Gasteiger partial charge in [-0.2, -0.15) is 23.1 Å². The van der Waals surface area contributed by atoms with E-state index < -0.39 is 51.9 Å². The number of nitrogens with zero attached hydrogens (tertiary/aromatic N) is 5. The first-order valence-corrected chi connectivity index (χ1v) is 14.1. The molecule has 1 aromatic carbocycles. The van der Waals surface area contributed by atoms with Gasteiger partial charge >= 0.3 is 12.2 Å². The van der Waals surface area contributed by atoms with Crippen LogP contribution in [0.1, 0.15) is 60.1 Å². The average molecular weight is 600 g/mol. The number of carbonyl (C=O) groups excluding carboxylic acids is 1. The van der Waals surface area contributed by atoms with Gasteiger partial charge in [0.25, 0.3) is 5.91 Å². The molecule has 1 aromatic heterocycles. The molecule has 0 saturated carbocycles. The number of hydrogen-bond donors (Lipinski definition) is 2. The van der Waals surface area contributed by atoms with E-state index in [4.69, 9.17) is 16.3 Å². The minimum atomic E-state index is -4.91. The van der Waals surface area contributed by atoms with Crippen LogP contribution in [0.15, 0.2) is 12.1 Å². The van der Waals surface area contributed by atoms with Crippen LogP contribution in [0.25, 0.3) is 0 Å². The maximum atomic E-state index is 14.3. The van der Waals surface area contributed by atoms with Gasteiger partial charge in [0.2, 0.25) is 0 Å². The largest absolute Gasteiger partial charge is 0.508 e. The molecule has 3 atom stereocenters. The van der Waals surface area contributed by atoms with Gasteiger partial charge in [0, 0.05) is 32.1 Å². The van der Waals surface area contributed by atoms with E-state index in [0.717, 1.165) is 42.8 Å². The van der Waals surface area contributed by atoms with Crippen molar-refractivity contribution in [1.82, 2.24) is 14.9 Å². The number of aliphatic hydroxyl groups excluding tert-OH is 1. The van der Waals surface area contributed by atoms with Crippen molar-refractivity contribution in [3.8, 4) is 11.8 Å². The van der Waals surface area contributed by atoms with Crippen LogP contribution in [0.5, 0.6) is 11.8 Å². The lowest BCUT2D eigenvalue weighted by Gasteiger charge is -2.31. The highest BCUT2D eigenvalue weighted by molar-refractivity contribution is 6.32. The van der Waals surface area contributed by atoms with Crippen LogP contribution in [-0.2, 0) is 12.7 Å². The maximum Gasteiger partial charge on any atom is 0.419 e. The summed E-state index contributed by atoms with van der Waals surface area (Å²) in [7, 11) is 0. The number of β-amino-alcohol motifs (C(OH)–C–C–N with tert-alkyl or cyclic N) is 1. The average Bonchev–Trinajstić information content (AvgIpc) is 3.46. The summed E-state index contributed by atoms with van der Waals surface area (Å²) in [5, 5.41) is 19.8. The van der Waals surface area contributed by atoms with E-state index in [9.17, 15) is 32.6 Å². The molecule has 1 amide bonds. The summed E-state index contributed by atoms with van der Waals surface area (Å²) in [5.74, 6) is -1.16. The zero-order valence-corrected chi connectivity index (χ0v) is 22.9. The van der Waals surface area contributed by atoms with Gasteiger partial charge in [-0.25, -0.2) is 4.39 Å². The van der Waals surface area contributed by atoms with E-state index in [1.54, 1.807) is 4.90 Å². The number of phenolic OH excluding ortho intramolecular Hbond substituents is 1. The lowest BCUT2D eigenvalue weighted by Crippen LogP contribution is -2.43. The Morgan fingerprint density at radius 1 is 1.15 bits per heavy atom. The summed E-state index contributed by atoms with van der Waals surface area (Å²) in [6.45, 7) is 1.52. The van der Waals surface area contributed by atoms with Gasteiger partial charge in [-0.15, -0.1) is 0 Å². The molecule has 222 valence electrons. The number of phenols is 1. The van der Waals surface area contributed by atoms with E-state index in [0.29, 0.717) is 32.4 Å². The topological polar surface area (TPSA) is 102 Å². The second kappa shape index (κ2) is 10.4. The minimum absolute atomic E-state index is 0.00406. The number of rotatable bonds is 5. The zero-order valence-electron chi connectivity index (χ0n) is 22.1. The molecule has 0 unspecified atom stereocenters. The highest BCUT2D eigenvalue weighted by atomic mass is 35.5. The van der Waals surface area contributed by atoms with Crippen molar-refractivity contribution in [3.63, 3.8) is 0 Å². The van der Waals surface area contributed by atoms with Crippen molar-refractivity contribution in [2.45, 2.75) is 69.1 Å². The van der Waals surface area contributed by atoms with Gasteiger partial charge in [-0.1, -0.05) is 11.6 Å². The van der Waals surface area contributed by atoms with Crippen LogP contribution in [0, 0.1) is 0 Å². The number of aromatic nitrogens is 2. The first kappa shape index (κ1) is 28.2. The number of anilines is 2. The van der Waals surface area contributed by atoms with E-state index >= 15 is 0 Å². The number of carbonyl (C=O) groups is 1. The summed E-state index contributed by atoms with van der Waals surface area (Å²) >= 11 is 5.89. The van der Waals surface area contributed by atoms with Crippen LogP contribution in [0.4, 0.5) is 29.1 Å². The lowest BCUT2D eigenvalue weighted by atomic mass is 9.95. The second-order valence-electron chi connectivity index (χ2n) is 11.3. The van der Waals surface area contributed by atoms with Gasteiger partial charge in [0.15, 0.2) is 0 Å². The van der Waals surface area contributed by atoms with Crippen molar-refractivity contribution in [3.05, 3.63) is 34.0 Å². The number of fused-ring (bicyclic) bond motifs is 2. The molecule has 41 heavy (non-hydrogen) atoms. The van der Waals surface area contributed by atoms with Crippen LogP contribution >= 0.6 is 11.6 Å². The third-order valence-electron chi connectivity index (χ3n) is 8.52. The van der Waals surface area contributed by atoms with Crippen molar-refractivity contribution in [2.75, 3.05) is 42.6 Å². The van der Waals surface area contributed by atoms with Gasteiger partial charge < -0.3 is 24.7 Å². The Morgan fingerprint density at radius 3 is 2.73 bits per heavy atom. The Balaban J connectivity index is 1.39. The molecule has 9 nitrogen and oxygen atoms in total. The van der Waals surface area contributed by atoms with E-state index in [1.807, 2.05) is 0 Å². The number of halogens is 5. The third-order valence-corrected chi connectivity index (χ3v) is 8.81. The predicted octanol–water partition coefficient (Wildman–Crippen LogP) is 4.32. The zero-order chi connectivity index (χ0) is 29.1. The minimum Gasteiger partial charge on any atom is -0.508 e. The maximum absolute atomic E-state index is 14.3. The van der Waals surface area contributed by atoms with Crippen LogP contribution in [0.2, 0.25) is 5.02 Å². The predicted molar refractivity (Wildman–Crippen MR) is 141 cm³/mol. The van der Waals surface area contributed by atoms with Crippen molar-refractivity contribution < 1.29 is 37.3 Å². The fraction of sp³-hybridized carbons (Fsp3) is 0.593. The van der Waals surface area contributed by atoms with Gasteiger partial charge in [0.1, 0.15) is 29.9 Å². The Bertz CT molecular complexity index is 1360. The molecule has 0 spiro atoms. The molecule has 4 aliphatic heterocycles. The van der Waals surface area contributed by atoms with Crippen LogP contribution in [0.3, 0.4) is 0 Å². The normalized spacial score (nSPS) is 26.8. The van der Waals surface area contributed by atoms with Gasteiger partial charge in [-0.05, 0) is 44.7 Å². The standard InChI is InChI=1S/C27H30ClF4N5O4/c28-18-8-17(39)9-20(22(18)27(30,31)32)37-13-19-21(24(37)40)23(35-6-2-1-4-16(38)12-35)34-25(33-19)41-14-26-5-3-7-36(26)11-15(29)10-26/h8-9,15-16,38-39H,1-7,10-14H2/t15-,16-,26+/m1/s1. The highest BCUT2D eigenvalue weighted by Crippen LogP contribution is 2.46. The first-order valence-electron chi connectivity index (χ1n) is 13.7. The Labute approximate surface area is 238 Å². The Hall–Kier alpha value is -2.90. The Kier molecular flexibility index (Phi) is 7.18. The molecule has 0 radical (unpaired) electrons. The van der Waals surface area contributed by atoms with Crippen molar-refractivity contribution >= 4 is 29.0 Å². The van der Waals surface area contributed by atoms with E-state index in [1.165, 1.54) is 0 Å². The van der Waals surface area contributed by atoms with Crippen LogP contribution in [-0.4, -0.2) is 81.6 Å². The molecule has 14 heteroatoms. The summed E-state index contributed by atoms with van der Waals surface area (Å²) in [6.07, 6.45) is -2.53. The number of aromatic hydroxyl groups is 1. The molecular weight excluding hydrogens is 570 g/mol. The fourth-order valence-electron chi connectivity index (χ4n) is 6.68. The number of hydrogen-bond acceptors (Lipinski definition) is 8. The fourth-order valence-corrected chi connectivity index (χ4v) is 7.00. The summed E-state index contributed by atoms with van der Waals surface area (Å²) in [5.41, 5.74) is -2.18. The molecule has 3 fully saturated rings. The molecule has 5 heterocycles. The smallest absolute Gasteiger partial charge is 0.419 e. The number of aliphatic hydroxyl groups is 1. The molecular formula is C27H30ClF4N5O4. The quantitative estimate of drug-likeness (QED) is 0.490. The van der Waals surface area contributed by atoms with E-state index in [2.05, 4.69) is 14.9 Å². The number of benzene rings is 1. The molecule has 2 aromatic rings. The Morgan fingerprint density at radius 2 is 1.95 bits per heavy atom. The molecule has 3 saturated heterocycles. The summed E-state index contributed by atoms with van der Waals surface area (Å²) < 4.78 is 62.5. The number of amides is 1.